The molecule has 2 heterocycles. The number of nitrogens with one attached hydrogen (secondary N) is 1. The fourth-order valence-electron chi connectivity index (χ4n) is 4.39. The van der Waals surface area contributed by atoms with Crippen molar-refractivity contribution < 1.29 is 19.0 Å². The third-order valence-corrected chi connectivity index (χ3v) is 6.45. The Morgan fingerprint density at radius 2 is 1.83 bits per heavy atom. The van der Waals surface area contributed by atoms with Gasteiger partial charge in [0.1, 0.15) is 6.23 Å². The summed E-state index contributed by atoms with van der Waals surface area (Å²) in [5.41, 5.74) is 0.232. The first-order chi connectivity index (χ1) is 10.9. The molecule has 0 aromatic heterocycles. The quantitative estimate of drug-likeness (QED) is 0.623. The van der Waals surface area contributed by atoms with E-state index in [0.29, 0.717) is 24.7 Å². The number of carbonyl (C=O) groups is 1. The summed E-state index contributed by atoms with van der Waals surface area (Å²) in [5, 5.41) is 3.02. The second kappa shape index (κ2) is 5.43. The molecular weight excluding hydrogens is 294 g/mol. The average molecular weight is 323 g/mol. The second-order valence-electron chi connectivity index (χ2n) is 8.43. The monoisotopic (exact) mass is 323 g/mol. The van der Waals surface area contributed by atoms with Crippen molar-refractivity contribution in [2.24, 2.45) is 11.8 Å². The first-order valence-corrected chi connectivity index (χ1v) is 9.16. The molecule has 7 unspecified atom stereocenters. The minimum absolute atomic E-state index is 0.0687. The van der Waals surface area contributed by atoms with Gasteiger partial charge in [0.15, 0.2) is 0 Å². The highest BCUT2D eigenvalue weighted by molar-refractivity contribution is 5.79. The van der Waals surface area contributed by atoms with Gasteiger partial charge in [0.25, 0.3) is 0 Å². The normalized spacial score (nSPS) is 48.8. The van der Waals surface area contributed by atoms with Crippen LogP contribution in [0.2, 0.25) is 0 Å². The number of epoxide rings is 2. The molecule has 4 fully saturated rings. The molecule has 5 nitrogen and oxygen atoms in total. The van der Waals surface area contributed by atoms with Crippen molar-refractivity contribution in [1.82, 2.24) is 5.32 Å². The lowest BCUT2D eigenvalue weighted by atomic mass is 9.82. The van der Waals surface area contributed by atoms with Crippen molar-refractivity contribution >= 4 is 5.91 Å². The summed E-state index contributed by atoms with van der Waals surface area (Å²) in [4.78, 5) is 12.4. The fraction of sp³-hybridized carbons (Fsp3) is 0.944. The molecule has 2 saturated heterocycles. The Kier molecular flexibility index (Phi) is 3.74. The molecule has 0 spiro atoms. The van der Waals surface area contributed by atoms with E-state index in [4.69, 9.17) is 14.2 Å². The zero-order chi connectivity index (χ0) is 16.2. The van der Waals surface area contributed by atoms with E-state index in [0.717, 1.165) is 38.5 Å². The summed E-state index contributed by atoms with van der Waals surface area (Å²) in [5.74, 6) is 0.763. The molecule has 23 heavy (non-hydrogen) atoms. The molecular formula is C18H29NO4. The van der Waals surface area contributed by atoms with E-state index in [1.807, 2.05) is 6.92 Å². The number of carbonyl (C=O) groups excluding carboxylic acids is 1. The van der Waals surface area contributed by atoms with Gasteiger partial charge < -0.3 is 19.5 Å². The van der Waals surface area contributed by atoms with Crippen molar-refractivity contribution in [2.75, 3.05) is 6.61 Å². The van der Waals surface area contributed by atoms with Gasteiger partial charge in [-0.2, -0.15) is 0 Å². The van der Waals surface area contributed by atoms with Gasteiger partial charge in [0, 0.05) is 5.92 Å². The first kappa shape index (κ1) is 15.9. The lowest BCUT2D eigenvalue weighted by Crippen LogP contribution is -2.41. The van der Waals surface area contributed by atoms with Gasteiger partial charge in [-0.15, -0.1) is 0 Å². The molecule has 4 rings (SSSR count). The zero-order valence-corrected chi connectivity index (χ0v) is 14.5. The fourth-order valence-corrected chi connectivity index (χ4v) is 4.39. The average Bonchev–Trinajstić information content (AvgIpc) is 3.36. The third kappa shape index (κ3) is 3.15. The standard InChI is InChI=1S/C18H29NO4/c1-11(21-10-12-4-6-17(2)14(8-12)22-17)19-16(20)13-5-7-18(3)15(9-13)23-18/h11-15H,4-10H2,1-3H3,(H,19,20). The lowest BCUT2D eigenvalue weighted by molar-refractivity contribution is -0.130. The molecule has 4 aliphatic rings. The SMILES string of the molecule is CC(NC(=O)C1CCC2(C)OC2C1)OCC1CCC2(C)OC2C1. The van der Waals surface area contributed by atoms with Crippen LogP contribution in [-0.2, 0) is 19.0 Å². The van der Waals surface area contributed by atoms with E-state index in [1.165, 1.54) is 0 Å². The van der Waals surface area contributed by atoms with Gasteiger partial charge in [0.2, 0.25) is 5.91 Å². The minimum atomic E-state index is -0.218. The van der Waals surface area contributed by atoms with E-state index >= 15 is 0 Å². The van der Waals surface area contributed by atoms with Gasteiger partial charge in [0.05, 0.1) is 30.0 Å². The highest BCUT2D eigenvalue weighted by atomic mass is 16.6. The Balaban J connectivity index is 1.17. The molecule has 1 amide bonds. The number of ether oxygens (including phenoxy) is 3. The van der Waals surface area contributed by atoms with Crippen molar-refractivity contribution in [2.45, 2.75) is 88.9 Å². The molecule has 5 heteroatoms. The molecule has 130 valence electrons. The Morgan fingerprint density at radius 3 is 2.48 bits per heavy atom. The van der Waals surface area contributed by atoms with Gasteiger partial charge in [-0.1, -0.05) is 0 Å². The van der Waals surface area contributed by atoms with E-state index in [1.54, 1.807) is 0 Å². The zero-order valence-electron chi connectivity index (χ0n) is 14.5. The summed E-state index contributed by atoms with van der Waals surface area (Å²) in [6, 6.07) is 0. The molecule has 2 aliphatic heterocycles. The lowest BCUT2D eigenvalue weighted by Gasteiger charge is -2.26. The highest BCUT2D eigenvalue weighted by Crippen LogP contribution is 2.50. The van der Waals surface area contributed by atoms with Crippen LogP contribution in [0.5, 0.6) is 0 Å². The number of amides is 1. The van der Waals surface area contributed by atoms with Crippen molar-refractivity contribution in [1.29, 1.82) is 0 Å². The predicted octanol–water partition coefficient (Wildman–Crippen LogP) is 2.38. The van der Waals surface area contributed by atoms with Crippen LogP contribution in [0.1, 0.15) is 59.3 Å². The van der Waals surface area contributed by atoms with E-state index in [9.17, 15) is 4.79 Å². The van der Waals surface area contributed by atoms with Crippen LogP contribution in [-0.4, -0.2) is 42.2 Å². The van der Waals surface area contributed by atoms with Gasteiger partial charge in [-0.3, -0.25) is 4.79 Å². The van der Waals surface area contributed by atoms with Crippen LogP contribution >= 0.6 is 0 Å². The van der Waals surface area contributed by atoms with Crippen LogP contribution < -0.4 is 5.32 Å². The van der Waals surface area contributed by atoms with Gasteiger partial charge in [-0.25, -0.2) is 0 Å². The van der Waals surface area contributed by atoms with Crippen LogP contribution in [0.25, 0.3) is 0 Å². The maximum Gasteiger partial charge on any atom is 0.225 e. The Hall–Kier alpha value is -0.650. The Bertz CT molecular complexity index is 497. The molecule has 0 aromatic rings. The van der Waals surface area contributed by atoms with Crippen LogP contribution in [0.3, 0.4) is 0 Å². The predicted molar refractivity (Wildman–Crippen MR) is 84.8 cm³/mol. The summed E-state index contributed by atoms with van der Waals surface area (Å²) in [7, 11) is 0. The summed E-state index contributed by atoms with van der Waals surface area (Å²) in [6.07, 6.45) is 6.67. The number of hydrogen-bond donors (Lipinski definition) is 1. The molecule has 0 bridgehead atoms. The topological polar surface area (TPSA) is 63.4 Å². The van der Waals surface area contributed by atoms with Crippen molar-refractivity contribution in [3.63, 3.8) is 0 Å². The molecule has 0 radical (unpaired) electrons. The van der Waals surface area contributed by atoms with E-state index < -0.39 is 0 Å². The molecule has 2 aliphatic carbocycles. The maximum absolute atomic E-state index is 12.4. The summed E-state index contributed by atoms with van der Waals surface area (Å²) >= 11 is 0. The Morgan fingerprint density at radius 1 is 1.17 bits per heavy atom. The third-order valence-electron chi connectivity index (χ3n) is 6.45. The van der Waals surface area contributed by atoms with Gasteiger partial charge >= 0.3 is 0 Å². The molecule has 2 saturated carbocycles. The number of hydrogen-bond acceptors (Lipinski definition) is 4. The van der Waals surface area contributed by atoms with Crippen molar-refractivity contribution in [3.8, 4) is 0 Å². The molecule has 1 N–H and O–H groups in total. The van der Waals surface area contributed by atoms with Crippen LogP contribution in [0.15, 0.2) is 0 Å². The smallest absolute Gasteiger partial charge is 0.225 e. The van der Waals surface area contributed by atoms with Crippen molar-refractivity contribution in [3.05, 3.63) is 0 Å². The first-order valence-electron chi connectivity index (χ1n) is 9.16. The van der Waals surface area contributed by atoms with Gasteiger partial charge in [-0.05, 0) is 65.2 Å². The molecule has 0 aromatic carbocycles. The number of rotatable bonds is 5. The second-order valence-corrected chi connectivity index (χ2v) is 8.43. The summed E-state index contributed by atoms with van der Waals surface area (Å²) in [6.45, 7) is 7.00. The largest absolute Gasteiger partial charge is 0.366 e. The summed E-state index contributed by atoms with van der Waals surface area (Å²) < 4.78 is 17.3. The van der Waals surface area contributed by atoms with E-state index in [-0.39, 0.29) is 29.3 Å². The minimum Gasteiger partial charge on any atom is -0.366 e. The van der Waals surface area contributed by atoms with Crippen LogP contribution in [0, 0.1) is 11.8 Å². The maximum atomic E-state index is 12.4. The van der Waals surface area contributed by atoms with Crippen LogP contribution in [0.4, 0.5) is 0 Å². The molecule has 7 atom stereocenters. The Labute approximate surface area is 138 Å². The number of fused-ring (bicyclic) bond motifs is 2. The van der Waals surface area contributed by atoms with E-state index in [2.05, 4.69) is 19.2 Å². The highest BCUT2D eigenvalue weighted by Gasteiger charge is 2.56.